The van der Waals surface area contributed by atoms with E-state index in [2.05, 4.69) is 15.9 Å². The zero-order valence-corrected chi connectivity index (χ0v) is 11.1. The molecule has 3 nitrogen and oxygen atoms in total. The molecular formula is C13H15BrO3. The van der Waals surface area contributed by atoms with Crippen LogP contribution in [-0.2, 0) is 6.42 Å². The zero-order chi connectivity index (χ0) is 11.8. The Labute approximate surface area is 109 Å². The number of halogens is 1. The van der Waals surface area contributed by atoms with Crippen molar-refractivity contribution in [2.24, 2.45) is 0 Å². The minimum Gasteiger partial charge on any atom is -0.490 e. The first-order valence-electron chi connectivity index (χ1n) is 6.06. The molecule has 2 aliphatic rings. The third-order valence-corrected chi connectivity index (χ3v) is 4.08. The number of rotatable bonds is 0. The Hall–Kier alpha value is -0.740. The van der Waals surface area contributed by atoms with Crippen LogP contribution < -0.4 is 9.47 Å². The van der Waals surface area contributed by atoms with Gasteiger partial charge in [0, 0.05) is 16.5 Å². The largest absolute Gasteiger partial charge is 0.490 e. The third kappa shape index (κ3) is 1.93. The molecule has 1 heterocycles. The molecule has 0 saturated carbocycles. The first-order valence-corrected chi connectivity index (χ1v) is 6.85. The van der Waals surface area contributed by atoms with Gasteiger partial charge in [-0.2, -0.15) is 0 Å². The van der Waals surface area contributed by atoms with Crippen molar-refractivity contribution in [2.45, 2.75) is 31.8 Å². The molecule has 0 spiro atoms. The van der Waals surface area contributed by atoms with Gasteiger partial charge in [0.25, 0.3) is 0 Å². The summed E-state index contributed by atoms with van der Waals surface area (Å²) in [7, 11) is 0. The fourth-order valence-corrected chi connectivity index (χ4v) is 3.18. The Balaban J connectivity index is 2.18. The molecule has 1 aliphatic carbocycles. The summed E-state index contributed by atoms with van der Waals surface area (Å²) in [5.74, 6) is 1.52. The number of benzene rings is 1. The number of hydrogen-bond donors (Lipinski definition) is 1. The smallest absolute Gasteiger partial charge is 0.167 e. The van der Waals surface area contributed by atoms with E-state index in [0.717, 1.165) is 47.2 Å². The lowest BCUT2D eigenvalue weighted by molar-refractivity contribution is 0.150. The van der Waals surface area contributed by atoms with Crippen molar-refractivity contribution in [3.8, 4) is 11.5 Å². The van der Waals surface area contributed by atoms with Crippen LogP contribution in [0.3, 0.4) is 0 Å². The van der Waals surface area contributed by atoms with Gasteiger partial charge in [-0.15, -0.1) is 0 Å². The Bertz CT molecular complexity index is 445. The first kappa shape index (κ1) is 11.4. The number of hydrogen-bond acceptors (Lipinski definition) is 3. The summed E-state index contributed by atoms with van der Waals surface area (Å²) in [5, 5.41) is 10.2. The lowest BCUT2D eigenvalue weighted by atomic mass is 9.88. The van der Waals surface area contributed by atoms with Gasteiger partial charge >= 0.3 is 0 Å². The second-order valence-electron chi connectivity index (χ2n) is 4.54. The fourth-order valence-electron chi connectivity index (χ4n) is 2.56. The molecule has 0 unspecified atom stereocenters. The van der Waals surface area contributed by atoms with Crippen molar-refractivity contribution in [2.75, 3.05) is 13.2 Å². The average molecular weight is 299 g/mol. The van der Waals surface area contributed by atoms with Gasteiger partial charge in [-0.3, -0.25) is 0 Å². The summed E-state index contributed by atoms with van der Waals surface area (Å²) < 4.78 is 12.5. The van der Waals surface area contributed by atoms with Crippen LogP contribution in [0.5, 0.6) is 11.5 Å². The van der Waals surface area contributed by atoms with E-state index in [9.17, 15) is 5.11 Å². The van der Waals surface area contributed by atoms with Crippen molar-refractivity contribution in [3.63, 3.8) is 0 Å². The van der Waals surface area contributed by atoms with Crippen LogP contribution in [0.1, 0.15) is 36.5 Å². The summed E-state index contributed by atoms with van der Waals surface area (Å²) in [6.45, 7) is 1.34. The maximum atomic E-state index is 10.2. The Morgan fingerprint density at radius 3 is 2.94 bits per heavy atom. The lowest BCUT2D eigenvalue weighted by Gasteiger charge is -2.26. The van der Waals surface area contributed by atoms with Gasteiger partial charge in [0.1, 0.15) is 0 Å². The normalized spacial score (nSPS) is 22.8. The fraction of sp³-hybridized carbons (Fsp3) is 0.538. The second kappa shape index (κ2) is 4.50. The number of ether oxygens (including phenoxy) is 2. The molecule has 4 heteroatoms. The summed E-state index contributed by atoms with van der Waals surface area (Å²) in [4.78, 5) is 0. The quantitative estimate of drug-likeness (QED) is 0.800. The van der Waals surface area contributed by atoms with Crippen LogP contribution in [-0.4, -0.2) is 18.3 Å². The third-order valence-electron chi connectivity index (χ3n) is 3.37. The van der Waals surface area contributed by atoms with Crippen LogP contribution in [0.15, 0.2) is 10.5 Å². The first-order chi connectivity index (χ1) is 8.27. The summed E-state index contributed by atoms with van der Waals surface area (Å²) in [5.41, 5.74) is 2.11. The molecule has 0 aromatic heterocycles. The van der Waals surface area contributed by atoms with Gasteiger partial charge < -0.3 is 14.6 Å². The highest BCUT2D eigenvalue weighted by Crippen LogP contribution is 2.46. The molecule has 1 aliphatic heterocycles. The van der Waals surface area contributed by atoms with E-state index in [-0.39, 0.29) is 0 Å². The van der Waals surface area contributed by atoms with Crippen molar-refractivity contribution >= 4 is 15.9 Å². The van der Waals surface area contributed by atoms with Crippen LogP contribution in [0.2, 0.25) is 0 Å². The molecule has 1 N–H and O–H groups in total. The molecule has 0 bridgehead atoms. The number of aliphatic hydroxyl groups excluding tert-OH is 1. The van der Waals surface area contributed by atoms with E-state index in [1.807, 2.05) is 6.07 Å². The van der Waals surface area contributed by atoms with Gasteiger partial charge in [0.2, 0.25) is 0 Å². The molecule has 0 saturated heterocycles. The van der Waals surface area contributed by atoms with E-state index in [1.165, 1.54) is 5.56 Å². The van der Waals surface area contributed by atoms with Gasteiger partial charge in [-0.25, -0.2) is 0 Å². The van der Waals surface area contributed by atoms with E-state index in [0.29, 0.717) is 13.2 Å². The van der Waals surface area contributed by atoms with E-state index in [1.54, 1.807) is 0 Å². The molecule has 92 valence electrons. The monoisotopic (exact) mass is 298 g/mol. The predicted octanol–water partition coefficient (Wildman–Crippen LogP) is 2.98. The highest BCUT2D eigenvalue weighted by molar-refractivity contribution is 9.10. The SMILES string of the molecule is O[C@@H]1CCCc2c(Br)cc3c(c21)OCCCO3. The molecule has 1 aromatic carbocycles. The molecule has 17 heavy (non-hydrogen) atoms. The molecule has 0 fully saturated rings. The average Bonchev–Trinajstić information content (AvgIpc) is 2.55. The molecule has 1 aromatic rings. The van der Waals surface area contributed by atoms with Crippen molar-refractivity contribution in [1.82, 2.24) is 0 Å². The van der Waals surface area contributed by atoms with Crippen molar-refractivity contribution in [1.29, 1.82) is 0 Å². The molecular weight excluding hydrogens is 284 g/mol. The Morgan fingerprint density at radius 2 is 2.06 bits per heavy atom. The highest BCUT2D eigenvalue weighted by Gasteiger charge is 2.28. The summed E-state index contributed by atoms with van der Waals surface area (Å²) in [6, 6.07) is 1.97. The minimum atomic E-state index is -0.424. The number of fused-ring (bicyclic) bond motifs is 3. The van der Waals surface area contributed by atoms with Crippen LogP contribution in [0.4, 0.5) is 0 Å². The van der Waals surface area contributed by atoms with Crippen LogP contribution in [0, 0.1) is 0 Å². The zero-order valence-electron chi connectivity index (χ0n) is 9.54. The van der Waals surface area contributed by atoms with Gasteiger partial charge in [0.05, 0.1) is 19.3 Å². The van der Waals surface area contributed by atoms with Gasteiger partial charge in [-0.05, 0) is 30.9 Å². The maximum absolute atomic E-state index is 10.2. The standard InChI is InChI=1S/C13H15BrO3/c14-9-7-11-13(17-6-2-5-16-11)12-8(9)3-1-4-10(12)15/h7,10,15H,1-6H2/t10-/m1/s1. The topological polar surface area (TPSA) is 38.7 Å². The number of aliphatic hydroxyl groups is 1. The molecule has 3 rings (SSSR count). The van der Waals surface area contributed by atoms with Crippen LogP contribution >= 0.6 is 15.9 Å². The van der Waals surface area contributed by atoms with Crippen LogP contribution in [0.25, 0.3) is 0 Å². The van der Waals surface area contributed by atoms with E-state index < -0.39 is 6.10 Å². The molecule has 0 amide bonds. The second-order valence-corrected chi connectivity index (χ2v) is 5.39. The molecule has 1 atom stereocenters. The summed E-state index contributed by atoms with van der Waals surface area (Å²) >= 11 is 3.57. The summed E-state index contributed by atoms with van der Waals surface area (Å²) in [6.07, 6.45) is 3.28. The predicted molar refractivity (Wildman–Crippen MR) is 67.6 cm³/mol. The van der Waals surface area contributed by atoms with E-state index in [4.69, 9.17) is 9.47 Å². The Morgan fingerprint density at radius 1 is 1.24 bits per heavy atom. The lowest BCUT2D eigenvalue weighted by Crippen LogP contribution is -2.12. The minimum absolute atomic E-state index is 0.424. The Kier molecular flexibility index (Phi) is 3.01. The maximum Gasteiger partial charge on any atom is 0.167 e. The van der Waals surface area contributed by atoms with Gasteiger partial charge in [-0.1, -0.05) is 15.9 Å². The van der Waals surface area contributed by atoms with Crippen molar-refractivity contribution in [3.05, 3.63) is 21.7 Å². The van der Waals surface area contributed by atoms with E-state index >= 15 is 0 Å². The molecule has 0 radical (unpaired) electrons. The van der Waals surface area contributed by atoms with Gasteiger partial charge in [0.15, 0.2) is 11.5 Å². The van der Waals surface area contributed by atoms with Crippen molar-refractivity contribution < 1.29 is 14.6 Å². The highest BCUT2D eigenvalue weighted by atomic mass is 79.9.